The summed E-state index contributed by atoms with van der Waals surface area (Å²) < 4.78 is 0. The molecule has 1 amide bonds. The number of nitrogens with one attached hydrogen (secondary N) is 1. The Balaban J connectivity index is 1.60. The van der Waals surface area contributed by atoms with Gasteiger partial charge in [0, 0.05) is 38.8 Å². The molecule has 2 aliphatic heterocycles. The molecule has 0 aliphatic carbocycles. The monoisotopic (exact) mass is 313 g/mol. The van der Waals surface area contributed by atoms with Crippen LogP contribution < -0.4 is 5.32 Å². The Bertz CT molecular complexity index is 491. The molecule has 3 rings (SSSR count). The molecule has 110 valence electrons. The van der Waals surface area contributed by atoms with Gasteiger partial charge in [0.15, 0.2) is 0 Å². The third-order valence-electron chi connectivity index (χ3n) is 4.25. The molecule has 0 saturated carbocycles. The van der Waals surface area contributed by atoms with Crippen molar-refractivity contribution in [2.75, 3.05) is 39.3 Å². The fraction of sp³-hybridized carbons (Fsp3) is 0.643. The van der Waals surface area contributed by atoms with E-state index in [9.17, 15) is 4.79 Å². The number of carbonyl (C=O) groups excluding carboxylic acids is 1. The average molecular weight is 314 g/mol. The number of thiophene rings is 1. The van der Waals surface area contributed by atoms with E-state index in [2.05, 4.69) is 10.2 Å². The molecule has 0 spiro atoms. The second-order valence-corrected chi connectivity index (χ2v) is 6.79. The van der Waals surface area contributed by atoms with Gasteiger partial charge in [0.25, 0.3) is 5.91 Å². The fourth-order valence-corrected chi connectivity index (χ4v) is 4.20. The van der Waals surface area contributed by atoms with Crippen molar-refractivity contribution < 1.29 is 4.79 Å². The first-order valence-corrected chi connectivity index (χ1v) is 8.40. The Labute approximate surface area is 128 Å². The molecule has 6 heteroatoms. The summed E-state index contributed by atoms with van der Waals surface area (Å²) >= 11 is 7.66. The minimum Gasteiger partial charge on any atom is -0.335 e. The zero-order valence-electron chi connectivity index (χ0n) is 11.7. The Hall–Kier alpha value is -0.620. The summed E-state index contributed by atoms with van der Waals surface area (Å²) in [6.45, 7) is 7.71. The number of hydrogen-bond acceptors (Lipinski definition) is 4. The van der Waals surface area contributed by atoms with Gasteiger partial charge in [0.2, 0.25) is 0 Å². The zero-order valence-corrected chi connectivity index (χ0v) is 13.3. The minimum atomic E-state index is 0.0947. The van der Waals surface area contributed by atoms with Crippen molar-refractivity contribution in [3.8, 4) is 0 Å². The first-order valence-electron chi connectivity index (χ1n) is 7.14. The molecule has 1 unspecified atom stereocenters. The van der Waals surface area contributed by atoms with Crippen molar-refractivity contribution in [2.45, 2.75) is 19.4 Å². The number of halogens is 1. The fourth-order valence-electron chi connectivity index (χ4n) is 2.96. The normalized spacial score (nSPS) is 24.3. The van der Waals surface area contributed by atoms with Crippen LogP contribution in [0.4, 0.5) is 0 Å². The van der Waals surface area contributed by atoms with E-state index in [1.54, 1.807) is 0 Å². The van der Waals surface area contributed by atoms with E-state index >= 15 is 0 Å². The van der Waals surface area contributed by atoms with E-state index in [0.717, 1.165) is 44.8 Å². The van der Waals surface area contributed by atoms with Crippen LogP contribution in [-0.4, -0.2) is 61.0 Å². The quantitative estimate of drug-likeness (QED) is 0.905. The lowest BCUT2D eigenvalue weighted by molar-refractivity contribution is 0.0588. The highest BCUT2D eigenvalue weighted by atomic mass is 35.5. The summed E-state index contributed by atoms with van der Waals surface area (Å²) in [6, 6.07) is 0.653. The maximum absolute atomic E-state index is 12.5. The number of hydrogen-bond donors (Lipinski definition) is 1. The molecule has 2 fully saturated rings. The first kappa shape index (κ1) is 14.3. The molecule has 1 N–H and O–H groups in total. The lowest BCUT2D eigenvalue weighted by atomic mass is 10.2. The standard InChI is InChI=1S/C14H20ClN3OS/c1-10-9-20-13(12(10)15)14(19)18-6-4-17(5-7-18)11-2-3-16-8-11/h9,11,16H,2-8H2,1H3. The van der Waals surface area contributed by atoms with Crippen molar-refractivity contribution >= 4 is 28.8 Å². The van der Waals surface area contributed by atoms with Gasteiger partial charge in [-0.25, -0.2) is 0 Å². The SMILES string of the molecule is Cc1csc(C(=O)N2CCN(C3CCNC3)CC2)c1Cl. The molecule has 3 heterocycles. The van der Waals surface area contributed by atoms with Crippen LogP contribution >= 0.6 is 22.9 Å². The molecule has 4 nitrogen and oxygen atoms in total. The van der Waals surface area contributed by atoms with E-state index in [1.807, 2.05) is 17.2 Å². The number of rotatable bonds is 2. The maximum atomic E-state index is 12.5. The molecular weight excluding hydrogens is 294 g/mol. The highest BCUT2D eigenvalue weighted by Gasteiger charge is 2.29. The lowest BCUT2D eigenvalue weighted by Gasteiger charge is -2.37. The Morgan fingerprint density at radius 1 is 1.40 bits per heavy atom. The second kappa shape index (κ2) is 6.02. The predicted molar refractivity (Wildman–Crippen MR) is 82.8 cm³/mol. The van der Waals surface area contributed by atoms with Gasteiger partial charge in [-0.3, -0.25) is 9.69 Å². The van der Waals surface area contributed by atoms with Crippen molar-refractivity contribution in [2.24, 2.45) is 0 Å². The lowest BCUT2D eigenvalue weighted by Crippen LogP contribution is -2.52. The number of aryl methyl sites for hydroxylation is 1. The van der Waals surface area contributed by atoms with Crippen molar-refractivity contribution in [1.29, 1.82) is 0 Å². The highest BCUT2D eigenvalue weighted by molar-refractivity contribution is 7.13. The molecule has 0 radical (unpaired) electrons. The third kappa shape index (κ3) is 2.72. The van der Waals surface area contributed by atoms with Crippen molar-refractivity contribution in [3.05, 3.63) is 20.8 Å². The molecular formula is C14H20ClN3OS. The van der Waals surface area contributed by atoms with Crippen LogP contribution in [-0.2, 0) is 0 Å². The summed E-state index contributed by atoms with van der Waals surface area (Å²) in [7, 11) is 0. The molecule has 20 heavy (non-hydrogen) atoms. The van der Waals surface area contributed by atoms with Crippen LogP contribution in [0.5, 0.6) is 0 Å². The van der Waals surface area contributed by atoms with Crippen molar-refractivity contribution in [3.63, 3.8) is 0 Å². The number of carbonyl (C=O) groups is 1. The van der Waals surface area contributed by atoms with Gasteiger partial charge < -0.3 is 10.2 Å². The van der Waals surface area contributed by atoms with Crippen LogP contribution in [0.1, 0.15) is 21.7 Å². The van der Waals surface area contributed by atoms with Crippen LogP contribution in [0, 0.1) is 6.92 Å². The molecule has 1 aromatic rings. The average Bonchev–Trinajstić information content (AvgIpc) is 3.10. The maximum Gasteiger partial charge on any atom is 0.265 e. The van der Waals surface area contributed by atoms with Gasteiger partial charge in [-0.2, -0.15) is 0 Å². The van der Waals surface area contributed by atoms with Crippen LogP contribution in [0.15, 0.2) is 5.38 Å². The highest BCUT2D eigenvalue weighted by Crippen LogP contribution is 2.28. The number of nitrogens with zero attached hydrogens (tertiary/aromatic N) is 2. The first-order chi connectivity index (χ1) is 9.66. The van der Waals surface area contributed by atoms with E-state index in [1.165, 1.54) is 17.8 Å². The minimum absolute atomic E-state index is 0.0947. The summed E-state index contributed by atoms with van der Waals surface area (Å²) in [4.78, 5) is 17.6. The van der Waals surface area contributed by atoms with Crippen molar-refractivity contribution in [1.82, 2.24) is 15.1 Å². The Morgan fingerprint density at radius 2 is 2.15 bits per heavy atom. The van der Waals surface area contributed by atoms with Gasteiger partial charge in [0.1, 0.15) is 4.88 Å². The van der Waals surface area contributed by atoms with E-state index in [0.29, 0.717) is 15.9 Å². The van der Waals surface area contributed by atoms with Gasteiger partial charge >= 0.3 is 0 Å². The summed E-state index contributed by atoms with van der Waals surface area (Å²) in [6.07, 6.45) is 1.23. The smallest absolute Gasteiger partial charge is 0.265 e. The summed E-state index contributed by atoms with van der Waals surface area (Å²) in [5, 5.41) is 5.98. The second-order valence-electron chi connectivity index (χ2n) is 5.54. The Morgan fingerprint density at radius 3 is 2.70 bits per heavy atom. The van der Waals surface area contributed by atoms with Gasteiger partial charge in [0.05, 0.1) is 5.02 Å². The van der Waals surface area contributed by atoms with Gasteiger partial charge in [-0.15, -0.1) is 11.3 Å². The van der Waals surface area contributed by atoms with Gasteiger partial charge in [-0.05, 0) is 30.8 Å². The number of piperazine rings is 1. The third-order valence-corrected chi connectivity index (χ3v) is 5.93. The topological polar surface area (TPSA) is 35.6 Å². The van der Waals surface area contributed by atoms with Crippen LogP contribution in [0.25, 0.3) is 0 Å². The zero-order chi connectivity index (χ0) is 14.1. The molecule has 1 aromatic heterocycles. The molecule has 0 bridgehead atoms. The number of amides is 1. The molecule has 1 atom stereocenters. The molecule has 2 aliphatic rings. The largest absolute Gasteiger partial charge is 0.335 e. The predicted octanol–water partition coefficient (Wildman–Crippen LogP) is 1.83. The van der Waals surface area contributed by atoms with E-state index in [4.69, 9.17) is 11.6 Å². The van der Waals surface area contributed by atoms with Gasteiger partial charge in [-0.1, -0.05) is 11.6 Å². The Kier molecular flexibility index (Phi) is 4.31. The molecule has 0 aromatic carbocycles. The van der Waals surface area contributed by atoms with E-state index < -0.39 is 0 Å². The summed E-state index contributed by atoms with van der Waals surface area (Å²) in [5.41, 5.74) is 0.996. The van der Waals surface area contributed by atoms with E-state index in [-0.39, 0.29) is 5.91 Å². The molecule has 2 saturated heterocycles. The van der Waals surface area contributed by atoms with Crippen LogP contribution in [0.3, 0.4) is 0 Å². The van der Waals surface area contributed by atoms with Crippen LogP contribution in [0.2, 0.25) is 5.02 Å². The summed E-state index contributed by atoms with van der Waals surface area (Å²) in [5.74, 6) is 0.0947.